The minimum Gasteiger partial charge on any atom is -0.382 e. The third-order valence-electron chi connectivity index (χ3n) is 1.67. The van der Waals surface area contributed by atoms with E-state index in [9.17, 15) is 4.39 Å². The van der Waals surface area contributed by atoms with Gasteiger partial charge in [0.15, 0.2) is 0 Å². The van der Waals surface area contributed by atoms with E-state index in [0.717, 1.165) is 17.7 Å². The molecule has 0 unspecified atom stereocenters. The summed E-state index contributed by atoms with van der Waals surface area (Å²) in [5.74, 6) is -0.0744. The van der Waals surface area contributed by atoms with Crippen molar-refractivity contribution in [3.8, 4) is 0 Å². The Morgan fingerprint density at radius 2 is 2.40 bits per heavy atom. The molecule has 1 rings (SSSR count). The van der Waals surface area contributed by atoms with E-state index in [4.69, 9.17) is 0 Å². The molecule has 0 bridgehead atoms. The molecule has 1 nitrogen and oxygen atoms in total. The molecule has 10 heavy (non-hydrogen) atoms. The lowest BCUT2D eigenvalue weighted by Crippen LogP contribution is -2.19. The van der Waals surface area contributed by atoms with Crippen molar-refractivity contribution in [2.75, 3.05) is 6.54 Å². The Labute approximate surface area is 60.6 Å². The quantitative estimate of drug-likeness (QED) is 0.589. The zero-order valence-electron chi connectivity index (χ0n) is 6.37. The standard InChI is InChI=1S/C8H12FN/c1-3-8-6(2)4-7(9)5-10-8/h4,10H,3,5H2,1-2H3. The van der Waals surface area contributed by atoms with Crippen molar-refractivity contribution in [1.29, 1.82) is 0 Å². The highest BCUT2D eigenvalue weighted by Crippen LogP contribution is 2.14. The van der Waals surface area contributed by atoms with Gasteiger partial charge in [-0.1, -0.05) is 6.92 Å². The van der Waals surface area contributed by atoms with Crippen LogP contribution in [-0.2, 0) is 0 Å². The Kier molecular flexibility index (Phi) is 2.10. The van der Waals surface area contributed by atoms with Crippen LogP contribution in [-0.4, -0.2) is 6.54 Å². The topological polar surface area (TPSA) is 12.0 Å². The first kappa shape index (κ1) is 7.32. The average molecular weight is 141 g/mol. The normalized spacial score (nSPS) is 18.5. The number of rotatable bonds is 1. The number of nitrogens with one attached hydrogen (secondary N) is 1. The molecule has 56 valence electrons. The number of dihydropyridines is 1. The SMILES string of the molecule is CCC1=C(C)C=C(F)CN1. The minimum atomic E-state index is -0.0744. The highest BCUT2D eigenvalue weighted by atomic mass is 19.1. The number of hydrogen-bond donors (Lipinski definition) is 1. The predicted octanol–water partition coefficient (Wildman–Crippen LogP) is 2.13. The zero-order valence-corrected chi connectivity index (χ0v) is 6.37. The van der Waals surface area contributed by atoms with Crippen LogP contribution in [0.25, 0.3) is 0 Å². The van der Waals surface area contributed by atoms with Gasteiger partial charge in [-0.2, -0.15) is 0 Å². The maximum atomic E-state index is 12.5. The van der Waals surface area contributed by atoms with E-state index in [1.807, 2.05) is 6.92 Å². The highest BCUT2D eigenvalue weighted by molar-refractivity contribution is 5.28. The first-order valence-electron chi connectivity index (χ1n) is 3.53. The Morgan fingerprint density at radius 3 is 2.90 bits per heavy atom. The van der Waals surface area contributed by atoms with Gasteiger partial charge in [-0.3, -0.25) is 0 Å². The molecular weight excluding hydrogens is 129 g/mol. The van der Waals surface area contributed by atoms with Crippen LogP contribution in [0.4, 0.5) is 4.39 Å². The number of halogens is 1. The molecule has 1 heterocycles. The van der Waals surface area contributed by atoms with E-state index in [2.05, 4.69) is 12.2 Å². The van der Waals surface area contributed by atoms with Crippen molar-refractivity contribution in [3.63, 3.8) is 0 Å². The highest BCUT2D eigenvalue weighted by Gasteiger charge is 2.06. The monoisotopic (exact) mass is 141 g/mol. The summed E-state index contributed by atoms with van der Waals surface area (Å²) in [6, 6.07) is 0. The van der Waals surface area contributed by atoms with Gasteiger partial charge in [0.1, 0.15) is 5.83 Å². The van der Waals surface area contributed by atoms with Gasteiger partial charge in [-0.25, -0.2) is 4.39 Å². The van der Waals surface area contributed by atoms with Gasteiger partial charge >= 0.3 is 0 Å². The third-order valence-corrected chi connectivity index (χ3v) is 1.67. The second-order valence-electron chi connectivity index (χ2n) is 2.46. The Bertz CT molecular complexity index is 191. The molecule has 0 atom stereocenters. The summed E-state index contributed by atoms with van der Waals surface area (Å²) in [5.41, 5.74) is 2.17. The van der Waals surface area contributed by atoms with E-state index in [0.29, 0.717) is 6.54 Å². The summed E-state index contributed by atoms with van der Waals surface area (Å²) in [6.07, 6.45) is 2.55. The molecule has 0 fully saturated rings. The fourth-order valence-electron chi connectivity index (χ4n) is 1.11. The predicted molar refractivity (Wildman–Crippen MR) is 40.2 cm³/mol. The van der Waals surface area contributed by atoms with Crippen molar-refractivity contribution < 1.29 is 4.39 Å². The molecule has 0 aromatic heterocycles. The number of allylic oxidation sites excluding steroid dienone is 3. The molecule has 0 saturated heterocycles. The van der Waals surface area contributed by atoms with E-state index in [1.165, 1.54) is 0 Å². The zero-order chi connectivity index (χ0) is 7.56. The molecule has 0 aromatic rings. The van der Waals surface area contributed by atoms with Crippen LogP contribution in [0.5, 0.6) is 0 Å². The van der Waals surface area contributed by atoms with E-state index < -0.39 is 0 Å². The minimum absolute atomic E-state index is 0.0744. The largest absolute Gasteiger partial charge is 0.382 e. The van der Waals surface area contributed by atoms with Crippen molar-refractivity contribution in [3.05, 3.63) is 23.2 Å². The van der Waals surface area contributed by atoms with Crippen LogP contribution >= 0.6 is 0 Å². The van der Waals surface area contributed by atoms with E-state index in [-0.39, 0.29) is 5.83 Å². The molecule has 1 aliphatic heterocycles. The van der Waals surface area contributed by atoms with Crippen LogP contribution in [0.3, 0.4) is 0 Å². The van der Waals surface area contributed by atoms with Crippen LogP contribution < -0.4 is 5.32 Å². The summed E-state index contributed by atoms with van der Waals surface area (Å²) in [7, 11) is 0. The molecule has 1 N–H and O–H groups in total. The molecule has 0 aromatic carbocycles. The lowest BCUT2D eigenvalue weighted by Gasteiger charge is -2.15. The Balaban J connectivity index is 2.80. The molecule has 0 spiro atoms. The van der Waals surface area contributed by atoms with Gasteiger partial charge in [-0.15, -0.1) is 0 Å². The van der Waals surface area contributed by atoms with Crippen molar-refractivity contribution >= 4 is 0 Å². The summed E-state index contributed by atoms with van der Waals surface area (Å²) in [4.78, 5) is 0. The third kappa shape index (κ3) is 1.38. The fourth-order valence-corrected chi connectivity index (χ4v) is 1.11. The summed E-state index contributed by atoms with van der Waals surface area (Å²) in [5, 5.41) is 3.00. The fraction of sp³-hybridized carbons (Fsp3) is 0.500. The molecule has 0 aliphatic carbocycles. The summed E-state index contributed by atoms with van der Waals surface area (Å²) < 4.78 is 12.5. The van der Waals surface area contributed by atoms with Gasteiger partial charge in [0.05, 0.1) is 6.54 Å². The van der Waals surface area contributed by atoms with Gasteiger partial charge in [-0.05, 0) is 25.0 Å². The first-order valence-corrected chi connectivity index (χ1v) is 3.53. The van der Waals surface area contributed by atoms with Crippen molar-refractivity contribution in [2.45, 2.75) is 20.3 Å². The van der Waals surface area contributed by atoms with Gasteiger partial charge < -0.3 is 5.32 Å². The van der Waals surface area contributed by atoms with Gasteiger partial charge in [0.2, 0.25) is 0 Å². The first-order chi connectivity index (χ1) is 4.74. The molecular formula is C8H12FN. The molecule has 0 saturated carbocycles. The summed E-state index contributed by atoms with van der Waals surface area (Å²) in [6.45, 7) is 4.34. The lowest BCUT2D eigenvalue weighted by molar-refractivity contribution is 0.577. The molecule has 0 radical (unpaired) electrons. The van der Waals surface area contributed by atoms with Crippen molar-refractivity contribution in [2.24, 2.45) is 0 Å². The maximum absolute atomic E-state index is 12.5. The van der Waals surface area contributed by atoms with E-state index in [1.54, 1.807) is 6.08 Å². The molecule has 2 heteroatoms. The van der Waals surface area contributed by atoms with Gasteiger partial charge in [0.25, 0.3) is 0 Å². The van der Waals surface area contributed by atoms with Crippen LogP contribution in [0.2, 0.25) is 0 Å². The Morgan fingerprint density at radius 1 is 1.70 bits per heavy atom. The average Bonchev–Trinajstić information content (AvgIpc) is 1.88. The second-order valence-corrected chi connectivity index (χ2v) is 2.46. The molecule has 1 aliphatic rings. The summed E-state index contributed by atoms with van der Waals surface area (Å²) >= 11 is 0. The number of hydrogen-bond acceptors (Lipinski definition) is 1. The molecule has 0 amide bonds. The van der Waals surface area contributed by atoms with Crippen molar-refractivity contribution in [1.82, 2.24) is 5.32 Å². The lowest BCUT2D eigenvalue weighted by atomic mass is 10.1. The van der Waals surface area contributed by atoms with Crippen LogP contribution in [0, 0.1) is 0 Å². The Hall–Kier alpha value is -0.790. The maximum Gasteiger partial charge on any atom is 0.119 e. The second kappa shape index (κ2) is 2.86. The van der Waals surface area contributed by atoms with E-state index >= 15 is 0 Å². The van der Waals surface area contributed by atoms with Crippen LogP contribution in [0.1, 0.15) is 20.3 Å². The van der Waals surface area contributed by atoms with Crippen LogP contribution in [0.15, 0.2) is 23.2 Å². The smallest absolute Gasteiger partial charge is 0.119 e. The van der Waals surface area contributed by atoms with Gasteiger partial charge in [0, 0.05) is 5.70 Å².